The van der Waals surface area contributed by atoms with Crippen LogP contribution in [0.2, 0.25) is 0 Å². The molecular formula is C18H20O6. The number of allylic oxidation sites excluding steroid dienone is 1. The van der Waals surface area contributed by atoms with Crippen molar-refractivity contribution in [1.29, 1.82) is 0 Å². The van der Waals surface area contributed by atoms with Crippen LogP contribution in [0.5, 0.6) is 11.5 Å². The number of ether oxygens (including phenoxy) is 2. The zero-order chi connectivity index (χ0) is 18.0. The molecule has 6 heteroatoms. The fourth-order valence-corrected chi connectivity index (χ4v) is 2.50. The molecule has 0 aromatic heterocycles. The number of Topliss-reactive ketones (excluding diaryl/α,β-unsaturated/α-hetero) is 1. The lowest BCUT2D eigenvalue weighted by Crippen LogP contribution is -2.25. The minimum atomic E-state index is -0.815. The summed E-state index contributed by atoms with van der Waals surface area (Å²) in [7, 11) is 0. The van der Waals surface area contributed by atoms with E-state index in [1.807, 2.05) is 0 Å². The Morgan fingerprint density at radius 3 is 2.54 bits per heavy atom. The quantitative estimate of drug-likeness (QED) is 0.372. The number of hydrogen-bond acceptors (Lipinski definition) is 6. The van der Waals surface area contributed by atoms with Gasteiger partial charge in [0.25, 0.3) is 0 Å². The van der Waals surface area contributed by atoms with Gasteiger partial charge in [0.15, 0.2) is 18.0 Å². The van der Waals surface area contributed by atoms with E-state index in [0.29, 0.717) is 16.9 Å². The van der Waals surface area contributed by atoms with Gasteiger partial charge in [-0.3, -0.25) is 4.79 Å². The molecule has 0 saturated heterocycles. The Balaban J connectivity index is 2.45. The Hall–Kier alpha value is -2.60. The Morgan fingerprint density at radius 1 is 1.38 bits per heavy atom. The summed E-state index contributed by atoms with van der Waals surface area (Å²) in [5.74, 6) is -0.860. The minimum absolute atomic E-state index is 0.120. The maximum atomic E-state index is 12.2. The summed E-state index contributed by atoms with van der Waals surface area (Å²) in [6.07, 6.45) is 0.0136. The van der Waals surface area contributed by atoms with E-state index in [1.165, 1.54) is 25.1 Å². The highest BCUT2D eigenvalue weighted by Crippen LogP contribution is 2.44. The van der Waals surface area contributed by atoms with Gasteiger partial charge < -0.3 is 19.7 Å². The van der Waals surface area contributed by atoms with E-state index >= 15 is 0 Å². The molecule has 0 fully saturated rings. The maximum Gasteiger partial charge on any atom is 0.336 e. The predicted molar refractivity (Wildman–Crippen MR) is 87.0 cm³/mol. The third kappa shape index (κ3) is 3.19. The topological polar surface area (TPSA) is 93.1 Å². The van der Waals surface area contributed by atoms with Crippen LogP contribution in [0.4, 0.5) is 0 Å². The van der Waals surface area contributed by atoms with E-state index in [1.54, 1.807) is 13.8 Å². The average Bonchev–Trinajstić information content (AvgIpc) is 2.85. The second-order valence-corrected chi connectivity index (χ2v) is 5.65. The monoisotopic (exact) mass is 332 g/mol. The summed E-state index contributed by atoms with van der Waals surface area (Å²) in [5, 5.41) is 19.1. The number of esters is 1. The first kappa shape index (κ1) is 17.7. The summed E-state index contributed by atoms with van der Waals surface area (Å²) in [4.78, 5) is 23.8. The number of phenolic OH excluding ortho intramolecular Hbond substituents is 1. The molecule has 6 nitrogen and oxygen atoms in total. The van der Waals surface area contributed by atoms with Gasteiger partial charge in [0, 0.05) is 11.6 Å². The smallest absolute Gasteiger partial charge is 0.336 e. The predicted octanol–water partition coefficient (Wildman–Crippen LogP) is 2.45. The highest BCUT2D eigenvalue weighted by atomic mass is 16.6. The Morgan fingerprint density at radius 2 is 2.04 bits per heavy atom. The number of fused-ring (bicyclic) bond motifs is 1. The van der Waals surface area contributed by atoms with Gasteiger partial charge in [-0.25, -0.2) is 4.79 Å². The van der Waals surface area contributed by atoms with Crippen LogP contribution in [0.25, 0.3) is 0 Å². The molecule has 0 amide bonds. The third-order valence-corrected chi connectivity index (χ3v) is 3.84. The number of carbonyl (C=O) groups is 2. The first-order valence-electron chi connectivity index (χ1n) is 7.47. The van der Waals surface area contributed by atoms with E-state index in [4.69, 9.17) is 9.47 Å². The number of hydrogen-bond donors (Lipinski definition) is 2. The largest absolute Gasteiger partial charge is 0.507 e. The highest BCUT2D eigenvalue weighted by Gasteiger charge is 2.39. The van der Waals surface area contributed by atoms with Gasteiger partial charge in [-0.2, -0.15) is 0 Å². The first-order valence-corrected chi connectivity index (χ1v) is 7.47. The molecule has 1 heterocycles. The number of benzene rings is 1. The van der Waals surface area contributed by atoms with Crippen LogP contribution < -0.4 is 4.74 Å². The summed E-state index contributed by atoms with van der Waals surface area (Å²) in [6.45, 7) is 8.07. The number of phenols is 1. The van der Waals surface area contributed by atoms with Gasteiger partial charge in [0.05, 0.1) is 17.7 Å². The molecule has 2 atom stereocenters. The molecule has 1 aliphatic rings. The molecule has 1 aliphatic heterocycles. The van der Waals surface area contributed by atoms with Crippen LogP contribution in [0, 0.1) is 0 Å². The molecule has 1 aromatic carbocycles. The summed E-state index contributed by atoms with van der Waals surface area (Å²) >= 11 is 0. The second kappa shape index (κ2) is 6.88. The molecular weight excluding hydrogens is 312 g/mol. The van der Waals surface area contributed by atoms with Crippen LogP contribution in [0.15, 0.2) is 35.9 Å². The van der Waals surface area contributed by atoms with E-state index in [0.717, 1.165) is 0 Å². The van der Waals surface area contributed by atoms with Gasteiger partial charge in [-0.05, 0) is 32.4 Å². The number of rotatable bonds is 5. The zero-order valence-corrected chi connectivity index (χ0v) is 13.8. The second-order valence-electron chi connectivity index (χ2n) is 5.65. The van der Waals surface area contributed by atoms with Crippen LogP contribution in [0.3, 0.4) is 0 Å². The van der Waals surface area contributed by atoms with Gasteiger partial charge in [0.2, 0.25) is 0 Å². The van der Waals surface area contributed by atoms with Crippen molar-refractivity contribution in [2.45, 2.75) is 33.0 Å². The fraction of sp³-hybridized carbons (Fsp3) is 0.333. The third-order valence-electron chi connectivity index (χ3n) is 3.84. The Labute approximate surface area is 140 Å². The van der Waals surface area contributed by atoms with Crippen molar-refractivity contribution in [2.75, 3.05) is 6.61 Å². The minimum Gasteiger partial charge on any atom is -0.507 e. The van der Waals surface area contributed by atoms with Crippen molar-refractivity contribution >= 4 is 11.8 Å². The van der Waals surface area contributed by atoms with Crippen LogP contribution in [-0.2, 0) is 9.53 Å². The molecule has 24 heavy (non-hydrogen) atoms. The average molecular weight is 332 g/mol. The summed E-state index contributed by atoms with van der Waals surface area (Å²) in [6, 6.07) is 2.79. The fourth-order valence-electron chi connectivity index (χ4n) is 2.50. The lowest BCUT2D eigenvalue weighted by molar-refractivity contribution is -0.147. The number of aliphatic hydroxyl groups is 1. The molecule has 0 bridgehead atoms. The van der Waals surface area contributed by atoms with Crippen molar-refractivity contribution in [1.82, 2.24) is 0 Å². The SMILES string of the molecule is C=C(C)[C@@H]1Oc2cc(O)c(C(C)=O)cc2[C@@H]1OC(=O)/C(=C\C)CO. The molecule has 1 aromatic rings. The molecule has 0 aliphatic carbocycles. The molecule has 2 N–H and O–H groups in total. The number of aromatic hydroxyl groups is 1. The number of aliphatic hydroxyl groups excluding tert-OH is 1. The van der Waals surface area contributed by atoms with Crippen molar-refractivity contribution < 1.29 is 29.3 Å². The standard InChI is InChI=1S/C18H20O6/c1-5-11(8-19)18(22)24-17-13-6-12(10(4)20)14(21)7-15(13)23-16(17)9(2)3/h5-7,16-17,19,21H,2,8H2,1,3-4H3/b11-5-/t16-,17-/m0/s1. The van der Waals surface area contributed by atoms with E-state index < -0.39 is 24.8 Å². The van der Waals surface area contributed by atoms with Crippen molar-refractivity contribution in [2.24, 2.45) is 0 Å². The maximum absolute atomic E-state index is 12.2. The van der Waals surface area contributed by atoms with Gasteiger partial charge in [-0.15, -0.1) is 0 Å². The van der Waals surface area contributed by atoms with Gasteiger partial charge in [-0.1, -0.05) is 12.7 Å². The van der Waals surface area contributed by atoms with Crippen molar-refractivity contribution in [3.05, 3.63) is 47.1 Å². The van der Waals surface area contributed by atoms with E-state index in [9.17, 15) is 19.8 Å². The number of ketones is 1. The summed E-state index contributed by atoms with van der Waals surface area (Å²) < 4.78 is 11.2. The molecule has 2 rings (SSSR count). The molecule has 0 spiro atoms. The molecule has 128 valence electrons. The number of carbonyl (C=O) groups excluding carboxylic acids is 2. The normalized spacial score (nSPS) is 19.4. The Kier molecular flexibility index (Phi) is 5.09. The van der Waals surface area contributed by atoms with E-state index in [2.05, 4.69) is 6.58 Å². The van der Waals surface area contributed by atoms with Crippen LogP contribution >= 0.6 is 0 Å². The molecule has 0 radical (unpaired) electrons. The van der Waals surface area contributed by atoms with Crippen molar-refractivity contribution in [3.63, 3.8) is 0 Å². The lowest BCUT2D eigenvalue weighted by atomic mass is 9.98. The molecule has 0 unspecified atom stereocenters. The van der Waals surface area contributed by atoms with Crippen LogP contribution in [-0.4, -0.2) is 34.7 Å². The first-order chi connectivity index (χ1) is 11.3. The molecule has 0 saturated carbocycles. The van der Waals surface area contributed by atoms with Crippen molar-refractivity contribution in [3.8, 4) is 11.5 Å². The van der Waals surface area contributed by atoms with E-state index in [-0.39, 0.29) is 22.7 Å². The van der Waals surface area contributed by atoms with Gasteiger partial charge in [0.1, 0.15) is 11.5 Å². The van der Waals surface area contributed by atoms with Gasteiger partial charge >= 0.3 is 5.97 Å². The lowest BCUT2D eigenvalue weighted by Gasteiger charge is -2.20. The Bertz CT molecular complexity index is 731. The summed E-state index contributed by atoms with van der Waals surface area (Å²) in [5.41, 5.74) is 1.34. The highest BCUT2D eigenvalue weighted by molar-refractivity contribution is 5.97. The zero-order valence-electron chi connectivity index (χ0n) is 13.8. The van der Waals surface area contributed by atoms with Crippen LogP contribution in [0.1, 0.15) is 42.8 Å².